The molecule has 1 aromatic carbocycles. The van der Waals surface area contributed by atoms with Gasteiger partial charge in [-0.3, -0.25) is 9.59 Å². The van der Waals surface area contributed by atoms with Gasteiger partial charge in [-0.15, -0.1) is 0 Å². The van der Waals surface area contributed by atoms with E-state index in [1.165, 1.54) is 0 Å². The second-order valence-electron chi connectivity index (χ2n) is 7.55. The molecule has 170 valence electrons. The minimum absolute atomic E-state index is 0.0738. The van der Waals surface area contributed by atoms with Crippen molar-refractivity contribution in [3.63, 3.8) is 0 Å². The number of hydrogen-bond acceptors (Lipinski definition) is 5. The highest BCUT2D eigenvalue weighted by Crippen LogP contribution is 2.04. The molecule has 2 amide bonds. The Morgan fingerprint density at radius 2 is 1.53 bits per heavy atom. The molecule has 1 aromatic rings. The first-order valence-corrected chi connectivity index (χ1v) is 11.4. The molecule has 7 heteroatoms. The van der Waals surface area contributed by atoms with Gasteiger partial charge in [0, 0.05) is 19.4 Å². The van der Waals surface area contributed by atoms with Gasteiger partial charge in [0.15, 0.2) is 0 Å². The molecule has 0 spiro atoms. The van der Waals surface area contributed by atoms with Gasteiger partial charge in [-0.1, -0.05) is 37.3 Å². The summed E-state index contributed by atoms with van der Waals surface area (Å²) in [5.74, 6) is -0.185. The van der Waals surface area contributed by atoms with E-state index in [-0.39, 0.29) is 11.8 Å². The van der Waals surface area contributed by atoms with E-state index >= 15 is 0 Å². The number of carbonyl (C=O) groups excluding carboxylic acids is 2. The average Bonchev–Trinajstić information content (AvgIpc) is 2.75. The number of nitrogens with two attached hydrogens (primary N) is 1. The Bertz CT molecular complexity index is 568. The van der Waals surface area contributed by atoms with Crippen molar-refractivity contribution in [3.05, 3.63) is 35.9 Å². The fourth-order valence-corrected chi connectivity index (χ4v) is 3.08. The highest BCUT2D eigenvalue weighted by molar-refractivity contribution is 5.87. The van der Waals surface area contributed by atoms with Crippen molar-refractivity contribution >= 4 is 11.8 Å². The van der Waals surface area contributed by atoms with Gasteiger partial charge in [0.25, 0.3) is 0 Å². The largest absolute Gasteiger partial charge is 0.354 e. The average molecular weight is 420 g/mol. The number of amides is 2. The minimum Gasteiger partial charge on any atom is -0.354 e. The van der Waals surface area contributed by atoms with Crippen LogP contribution in [0.3, 0.4) is 0 Å². The van der Waals surface area contributed by atoms with Gasteiger partial charge in [-0.25, -0.2) is 0 Å². The van der Waals surface area contributed by atoms with Gasteiger partial charge >= 0.3 is 0 Å². The highest BCUT2D eigenvalue weighted by Gasteiger charge is 2.20. The molecular weight excluding hydrogens is 378 g/mol. The van der Waals surface area contributed by atoms with Crippen LogP contribution in [0.25, 0.3) is 0 Å². The van der Waals surface area contributed by atoms with Gasteiger partial charge < -0.3 is 27.0 Å². The van der Waals surface area contributed by atoms with Crippen LogP contribution in [0.1, 0.15) is 51.0 Å². The van der Waals surface area contributed by atoms with Crippen molar-refractivity contribution in [3.8, 4) is 0 Å². The standard InChI is InChI=1S/C23H41N5O2/c1-2-10-22(29)28-21(19-20-11-4-3-5-12-20)23(30)27-18-7-6-14-25-16-9-17-26-15-8-13-24/h3-5,11-12,21,25-26H,2,6-10,13-19,24H2,1H3,(H,27,30)(H,28,29). The van der Waals surface area contributed by atoms with Crippen LogP contribution in [0.15, 0.2) is 30.3 Å². The zero-order valence-corrected chi connectivity index (χ0v) is 18.6. The van der Waals surface area contributed by atoms with Gasteiger partial charge in [-0.2, -0.15) is 0 Å². The van der Waals surface area contributed by atoms with Gasteiger partial charge in [-0.05, 0) is 70.4 Å². The number of benzene rings is 1. The molecule has 0 radical (unpaired) electrons. The monoisotopic (exact) mass is 419 g/mol. The fraction of sp³-hybridized carbons (Fsp3) is 0.652. The lowest BCUT2D eigenvalue weighted by Gasteiger charge is -2.18. The molecule has 1 atom stereocenters. The van der Waals surface area contributed by atoms with Crippen LogP contribution < -0.4 is 27.0 Å². The summed E-state index contributed by atoms with van der Waals surface area (Å²) in [5.41, 5.74) is 6.49. The lowest BCUT2D eigenvalue weighted by molar-refractivity contribution is -0.129. The quantitative estimate of drug-likeness (QED) is 0.231. The van der Waals surface area contributed by atoms with E-state index < -0.39 is 6.04 Å². The van der Waals surface area contributed by atoms with Crippen molar-refractivity contribution in [2.24, 2.45) is 5.73 Å². The summed E-state index contributed by atoms with van der Waals surface area (Å²) in [6.07, 6.45) is 5.74. The molecule has 0 aromatic heterocycles. The summed E-state index contributed by atoms with van der Waals surface area (Å²) in [5, 5.41) is 12.7. The number of rotatable bonds is 18. The first-order valence-electron chi connectivity index (χ1n) is 11.4. The molecule has 0 saturated heterocycles. The van der Waals surface area contributed by atoms with Crippen LogP contribution in [0, 0.1) is 0 Å². The lowest BCUT2D eigenvalue weighted by Crippen LogP contribution is -2.48. The molecule has 0 aliphatic carbocycles. The maximum absolute atomic E-state index is 12.6. The van der Waals surface area contributed by atoms with Crippen LogP contribution in [0.5, 0.6) is 0 Å². The van der Waals surface area contributed by atoms with Gasteiger partial charge in [0.05, 0.1) is 0 Å². The normalized spacial score (nSPS) is 11.8. The summed E-state index contributed by atoms with van der Waals surface area (Å²) in [7, 11) is 0. The molecule has 0 aliphatic heterocycles. The molecule has 7 nitrogen and oxygen atoms in total. The van der Waals surface area contributed by atoms with Crippen LogP contribution in [0.4, 0.5) is 0 Å². The third-order valence-electron chi connectivity index (χ3n) is 4.76. The molecule has 0 bridgehead atoms. The predicted octanol–water partition coefficient (Wildman–Crippen LogP) is 1.33. The molecule has 6 N–H and O–H groups in total. The van der Waals surface area contributed by atoms with Crippen LogP contribution in [0.2, 0.25) is 0 Å². The molecule has 0 aliphatic rings. The first kappa shape index (κ1) is 26.1. The second-order valence-corrected chi connectivity index (χ2v) is 7.55. The topological polar surface area (TPSA) is 108 Å². The van der Waals surface area contributed by atoms with E-state index in [9.17, 15) is 9.59 Å². The molecule has 0 fully saturated rings. The molecule has 1 rings (SSSR count). The lowest BCUT2D eigenvalue weighted by atomic mass is 10.0. The molecule has 30 heavy (non-hydrogen) atoms. The number of carbonyl (C=O) groups is 2. The smallest absolute Gasteiger partial charge is 0.242 e. The van der Waals surface area contributed by atoms with Crippen molar-refractivity contribution < 1.29 is 9.59 Å². The molecular formula is C23H41N5O2. The summed E-state index contributed by atoms with van der Waals surface area (Å²) in [6, 6.07) is 9.26. The fourth-order valence-electron chi connectivity index (χ4n) is 3.08. The van der Waals surface area contributed by atoms with Gasteiger partial charge in [0.2, 0.25) is 11.8 Å². The second kappa shape index (κ2) is 17.9. The zero-order valence-electron chi connectivity index (χ0n) is 18.6. The van der Waals surface area contributed by atoms with Gasteiger partial charge in [0.1, 0.15) is 6.04 Å². The van der Waals surface area contributed by atoms with Crippen molar-refractivity contribution in [2.45, 2.75) is 57.9 Å². The summed E-state index contributed by atoms with van der Waals surface area (Å²) >= 11 is 0. The third kappa shape index (κ3) is 13.3. The Labute approximate surface area is 181 Å². The van der Waals surface area contributed by atoms with Crippen LogP contribution in [-0.2, 0) is 16.0 Å². The Hall–Kier alpha value is -1.96. The number of hydrogen-bond donors (Lipinski definition) is 5. The maximum Gasteiger partial charge on any atom is 0.242 e. The van der Waals surface area contributed by atoms with Crippen molar-refractivity contribution in [2.75, 3.05) is 39.3 Å². The Balaban J connectivity index is 2.20. The summed E-state index contributed by atoms with van der Waals surface area (Å²) < 4.78 is 0. The van der Waals surface area contributed by atoms with E-state index in [1.54, 1.807) is 0 Å². The summed E-state index contributed by atoms with van der Waals surface area (Å²) in [4.78, 5) is 24.6. The van der Waals surface area contributed by atoms with E-state index in [2.05, 4.69) is 21.3 Å². The van der Waals surface area contributed by atoms with Crippen molar-refractivity contribution in [1.82, 2.24) is 21.3 Å². The Morgan fingerprint density at radius 1 is 0.900 bits per heavy atom. The highest BCUT2D eigenvalue weighted by atomic mass is 16.2. The first-order chi connectivity index (χ1) is 14.7. The SMILES string of the molecule is CCCC(=O)NC(Cc1ccccc1)C(=O)NCCCCNCCCNCCCN. The predicted molar refractivity (Wildman–Crippen MR) is 123 cm³/mol. The number of unbranched alkanes of at least 4 members (excludes halogenated alkanes) is 1. The Morgan fingerprint density at radius 3 is 2.20 bits per heavy atom. The third-order valence-corrected chi connectivity index (χ3v) is 4.76. The van der Waals surface area contributed by atoms with E-state index in [1.807, 2.05) is 37.3 Å². The van der Waals surface area contributed by atoms with E-state index in [0.717, 1.165) is 70.4 Å². The molecule has 1 unspecified atom stereocenters. The minimum atomic E-state index is -0.531. The Kier molecular flexibility index (Phi) is 15.5. The molecule has 0 heterocycles. The van der Waals surface area contributed by atoms with Crippen LogP contribution >= 0.6 is 0 Å². The summed E-state index contributed by atoms with van der Waals surface area (Å²) in [6.45, 7) is 7.24. The van der Waals surface area contributed by atoms with E-state index in [4.69, 9.17) is 5.73 Å². The number of nitrogens with one attached hydrogen (secondary N) is 4. The maximum atomic E-state index is 12.6. The van der Waals surface area contributed by atoms with E-state index in [0.29, 0.717) is 19.4 Å². The van der Waals surface area contributed by atoms with Crippen LogP contribution in [-0.4, -0.2) is 57.1 Å². The van der Waals surface area contributed by atoms with Crippen molar-refractivity contribution in [1.29, 1.82) is 0 Å². The zero-order chi connectivity index (χ0) is 21.9. The molecule has 0 saturated carbocycles.